The predicted octanol–water partition coefficient (Wildman–Crippen LogP) is 3.29. The fourth-order valence-corrected chi connectivity index (χ4v) is 3.73. The van der Waals surface area contributed by atoms with Gasteiger partial charge < -0.3 is 15.2 Å². The van der Waals surface area contributed by atoms with Crippen LogP contribution in [0.3, 0.4) is 0 Å². The summed E-state index contributed by atoms with van der Waals surface area (Å²) in [4.78, 5) is 32.9. The number of carbonyl (C=O) groups excluding carboxylic acids is 2. The van der Waals surface area contributed by atoms with E-state index in [-0.39, 0.29) is 11.7 Å². The summed E-state index contributed by atoms with van der Waals surface area (Å²) in [5.74, 6) is -0.153. The lowest BCUT2D eigenvalue weighted by molar-refractivity contribution is 0.0935. The molecule has 2 aromatic heterocycles. The summed E-state index contributed by atoms with van der Waals surface area (Å²) in [5.41, 5.74) is 5.04. The molecule has 5 aromatic rings. The molecule has 2 heterocycles. The minimum atomic E-state index is -0.398. The first-order valence-electron chi connectivity index (χ1n) is 11.0. The number of fused-ring (bicyclic) bond motifs is 1. The van der Waals surface area contributed by atoms with Crippen LogP contribution >= 0.6 is 0 Å². The standard InChI is InChI=1S/C26H22N6O3/c1-27-25(33)19-9-12-22-21(14-19)29-16-32(22)20-10-7-18(8-11-20)15-28-26(34)24-30-23(35-31-24)13-17-5-3-2-4-6-17/h2-12,14,16H,13,15H2,1H3,(H,27,33)(H,28,34). The van der Waals surface area contributed by atoms with E-state index in [1.807, 2.05) is 65.2 Å². The molecule has 0 unspecified atom stereocenters. The Kier molecular flexibility index (Phi) is 6.04. The molecular weight excluding hydrogens is 444 g/mol. The Morgan fingerprint density at radius 2 is 1.74 bits per heavy atom. The zero-order valence-electron chi connectivity index (χ0n) is 18.9. The number of hydrogen-bond donors (Lipinski definition) is 2. The van der Waals surface area contributed by atoms with Crippen molar-refractivity contribution >= 4 is 22.8 Å². The van der Waals surface area contributed by atoms with Gasteiger partial charge in [-0.3, -0.25) is 14.2 Å². The third-order valence-corrected chi connectivity index (χ3v) is 5.57. The molecule has 2 amide bonds. The first kappa shape index (κ1) is 22.0. The second kappa shape index (κ2) is 9.60. The SMILES string of the molecule is CNC(=O)c1ccc2c(c1)ncn2-c1ccc(CNC(=O)c2noc(Cc3ccccc3)n2)cc1. The number of nitrogens with one attached hydrogen (secondary N) is 2. The van der Waals surface area contributed by atoms with Crippen molar-refractivity contribution in [1.82, 2.24) is 30.3 Å². The molecule has 35 heavy (non-hydrogen) atoms. The van der Waals surface area contributed by atoms with Crippen LogP contribution in [0.1, 0.15) is 38.0 Å². The van der Waals surface area contributed by atoms with E-state index < -0.39 is 5.91 Å². The fourth-order valence-electron chi connectivity index (χ4n) is 3.73. The number of benzene rings is 3. The number of imidazole rings is 1. The molecule has 0 saturated carbocycles. The second-order valence-corrected chi connectivity index (χ2v) is 7.92. The smallest absolute Gasteiger partial charge is 0.292 e. The quantitative estimate of drug-likeness (QED) is 0.380. The highest BCUT2D eigenvalue weighted by atomic mass is 16.5. The summed E-state index contributed by atoms with van der Waals surface area (Å²) in [6.45, 7) is 0.321. The van der Waals surface area contributed by atoms with Crippen molar-refractivity contribution in [3.63, 3.8) is 0 Å². The molecular formula is C26H22N6O3. The summed E-state index contributed by atoms with van der Waals surface area (Å²) in [5, 5.41) is 9.22. The molecule has 0 aliphatic rings. The number of carbonyl (C=O) groups is 2. The summed E-state index contributed by atoms with van der Waals surface area (Å²) >= 11 is 0. The predicted molar refractivity (Wildman–Crippen MR) is 129 cm³/mol. The van der Waals surface area contributed by atoms with Crippen LogP contribution in [0.5, 0.6) is 0 Å². The van der Waals surface area contributed by atoms with Gasteiger partial charge in [-0.15, -0.1) is 0 Å². The van der Waals surface area contributed by atoms with E-state index in [0.29, 0.717) is 24.4 Å². The number of aromatic nitrogens is 4. The van der Waals surface area contributed by atoms with Gasteiger partial charge in [0.25, 0.3) is 17.6 Å². The largest absolute Gasteiger partial charge is 0.355 e. The van der Waals surface area contributed by atoms with E-state index in [9.17, 15) is 9.59 Å². The molecule has 0 fully saturated rings. The van der Waals surface area contributed by atoms with Gasteiger partial charge in [0.15, 0.2) is 0 Å². The van der Waals surface area contributed by atoms with Crippen LogP contribution in [0.2, 0.25) is 0 Å². The highest BCUT2D eigenvalue weighted by Gasteiger charge is 2.15. The van der Waals surface area contributed by atoms with Crippen LogP contribution in [-0.4, -0.2) is 38.6 Å². The Morgan fingerprint density at radius 1 is 0.943 bits per heavy atom. The van der Waals surface area contributed by atoms with E-state index in [4.69, 9.17) is 4.52 Å². The van der Waals surface area contributed by atoms with Crippen molar-refractivity contribution in [2.75, 3.05) is 7.05 Å². The molecule has 5 rings (SSSR count). The highest BCUT2D eigenvalue weighted by Crippen LogP contribution is 2.20. The van der Waals surface area contributed by atoms with Crippen LogP contribution < -0.4 is 10.6 Å². The fraction of sp³-hybridized carbons (Fsp3) is 0.115. The van der Waals surface area contributed by atoms with Gasteiger partial charge in [0.05, 0.1) is 17.5 Å². The van der Waals surface area contributed by atoms with Crippen LogP contribution in [0.25, 0.3) is 16.7 Å². The van der Waals surface area contributed by atoms with E-state index in [1.54, 1.807) is 25.5 Å². The molecule has 9 nitrogen and oxygen atoms in total. The normalized spacial score (nSPS) is 10.9. The molecule has 0 atom stereocenters. The van der Waals surface area contributed by atoms with Gasteiger partial charge in [0.1, 0.15) is 6.33 Å². The first-order valence-corrected chi connectivity index (χ1v) is 11.0. The third-order valence-electron chi connectivity index (χ3n) is 5.57. The van der Waals surface area contributed by atoms with Crippen LogP contribution in [0.15, 0.2) is 83.6 Å². The van der Waals surface area contributed by atoms with E-state index >= 15 is 0 Å². The Balaban J connectivity index is 1.22. The lowest BCUT2D eigenvalue weighted by Crippen LogP contribution is -2.24. The van der Waals surface area contributed by atoms with Gasteiger partial charge in [0.2, 0.25) is 5.89 Å². The zero-order chi connectivity index (χ0) is 24.2. The van der Waals surface area contributed by atoms with Crippen molar-refractivity contribution in [2.24, 2.45) is 0 Å². The topological polar surface area (TPSA) is 115 Å². The monoisotopic (exact) mass is 466 g/mol. The van der Waals surface area contributed by atoms with Gasteiger partial charge in [-0.25, -0.2) is 4.98 Å². The van der Waals surface area contributed by atoms with Crippen molar-refractivity contribution in [3.8, 4) is 5.69 Å². The maximum absolute atomic E-state index is 12.4. The Bertz CT molecular complexity index is 1490. The van der Waals surface area contributed by atoms with Crippen molar-refractivity contribution in [2.45, 2.75) is 13.0 Å². The molecule has 0 aliphatic carbocycles. The van der Waals surface area contributed by atoms with Crippen LogP contribution in [0, 0.1) is 0 Å². The number of hydrogen-bond acceptors (Lipinski definition) is 6. The van der Waals surface area contributed by atoms with Gasteiger partial charge in [-0.05, 0) is 41.5 Å². The number of rotatable bonds is 7. The van der Waals surface area contributed by atoms with Crippen LogP contribution in [-0.2, 0) is 13.0 Å². The average molecular weight is 467 g/mol. The summed E-state index contributed by atoms with van der Waals surface area (Å²) in [7, 11) is 1.60. The van der Waals surface area contributed by atoms with E-state index in [0.717, 1.165) is 27.8 Å². The lowest BCUT2D eigenvalue weighted by Gasteiger charge is -2.07. The van der Waals surface area contributed by atoms with E-state index in [1.165, 1.54) is 0 Å². The maximum Gasteiger partial charge on any atom is 0.292 e. The highest BCUT2D eigenvalue weighted by molar-refractivity contribution is 5.97. The first-order chi connectivity index (χ1) is 17.1. The van der Waals surface area contributed by atoms with Crippen molar-refractivity contribution in [3.05, 3.63) is 108 Å². The molecule has 0 bridgehead atoms. The van der Waals surface area contributed by atoms with Crippen molar-refractivity contribution < 1.29 is 14.1 Å². The zero-order valence-corrected chi connectivity index (χ0v) is 18.9. The summed E-state index contributed by atoms with van der Waals surface area (Å²) in [6, 6.07) is 22.9. The van der Waals surface area contributed by atoms with Gasteiger partial charge in [-0.1, -0.05) is 47.6 Å². The van der Waals surface area contributed by atoms with E-state index in [2.05, 4.69) is 25.8 Å². The molecule has 0 radical (unpaired) electrons. The molecule has 0 saturated heterocycles. The third kappa shape index (κ3) is 4.79. The summed E-state index contributed by atoms with van der Waals surface area (Å²) < 4.78 is 7.15. The van der Waals surface area contributed by atoms with Crippen LogP contribution in [0.4, 0.5) is 0 Å². The Morgan fingerprint density at radius 3 is 2.51 bits per heavy atom. The Labute approximate surface area is 200 Å². The summed E-state index contributed by atoms with van der Waals surface area (Å²) in [6.07, 6.45) is 2.19. The maximum atomic E-state index is 12.4. The minimum absolute atomic E-state index is 0.00793. The van der Waals surface area contributed by atoms with Gasteiger partial charge in [-0.2, -0.15) is 4.98 Å². The lowest BCUT2D eigenvalue weighted by atomic mass is 10.1. The number of nitrogens with zero attached hydrogens (tertiary/aromatic N) is 4. The molecule has 0 aliphatic heterocycles. The average Bonchev–Trinajstić information content (AvgIpc) is 3.54. The van der Waals surface area contributed by atoms with Gasteiger partial charge >= 0.3 is 0 Å². The minimum Gasteiger partial charge on any atom is -0.355 e. The molecule has 9 heteroatoms. The van der Waals surface area contributed by atoms with Gasteiger partial charge in [0, 0.05) is 24.8 Å². The molecule has 0 spiro atoms. The molecule has 2 N–H and O–H groups in total. The molecule has 3 aromatic carbocycles. The Hall–Kier alpha value is -4.79. The van der Waals surface area contributed by atoms with Crippen molar-refractivity contribution in [1.29, 1.82) is 0 Å². The second-order valence-electron chi connectivity index (χ2n) is 7.92. The molecule has 174 valence electrons. The number of amides is 2.